The quantitative estimate of drug-likeness (QED) is 0.832. The second-order valence-electron chi connectivity index (χ2n) is 7.59. The number of rotatable bonds is 4. The Morgan fingerprint density at radius 2 is 1.84 bits per heavy atom. The zero-order chi connectivity index (χ0) is 13.7. The third kappa shape index (κ3) is 5.07. The SMILES string of the molecule is CCCN1CCCC(NC2CCCC(C)(C)C2)CC1. The molecule has 0 aromatic heterocycles. The fourth-order valence-electron chi connectivity index (χ4n) is 4.04. The first-order chi connectivity index (χ1) is 9.09. The van der Waals surface area contributed by atoms with Gasteiger partial charge in [-0.2, -0.15) is 0 Å². The molecule has 19 heavy (non-hydrogen) atoms. The molecule has 0 aromatic carbocycles. The second kappa shape index (κ2) is 7.08. The third-order valence-electron chi connectivity index (χ3n) is 5.04. The topological polar surface area (TPSA) is 15.3 Å². The fraction of sp³-hybridized carbons (Fsp3) is 1.00. The van der Waals surface area contributed by atoms with E-state index in [0.29, 0.717) is 5.41 Å². The smallest absolute Gasteiger partial charge is 0.00823 e. The lowest BCUT2D eigenvalue weighted by molar-refractivity contribution is 0.185. The summed E-state index contributed by atoms with van der Waals surface area (Å²) in [7, 11) is 0. The van der Waals surface area contributed by atoms with Crippen LogP contribution in [0.25, 0.3) is 0 Å². The predicted molar refractivity (Wildman–Crippen MR) is 83.5 cm³/mol. The molecular formula is C17H34N2. The lowest BCUT2D eigenvalue weighted by Crippen LogP contribution is -2.43. The molecule has 1 saturated heterocycles. The number of hydrogen-bond acceptors (Lipinski definition) is 2. The molecule has 0 spiro atoms. The first kappa shape index (κ1) is 15.3. The zero-order valence-corrected chi connectivity index (χ0v) is 13.4. The van der Waals surface area contributed by atoms with Crippen LogP contribution in [0.2, 0.25) is 0 Å². The van der Waals surface area contributed by atoms with Gasteiger partial charge in [0.2, 0.25) is 0 Å². The molecule has 0 aromatic rings. The molecule has 1 N–H and O–H groups in total. The highest BCUT2D eigenvalue weighted by atomic mass is 15.1. The van der Waals surface area contributed by atoms with Gasteiger partial charge in [-0.3, -0.25) is 0 Å². The van der Waals surface area contributed by atoms with E-state index in [1.54, 1.807) is 0 Å². The average Bonchev–Trinajstić information content (AvgIpc) is 2.54. The maximum absolute atomic E-state index is 3.99. The van der Waals surface area contributed by atoms with Crippen molar-refractivity contribution in [3.05, 3.63) is 0 Å². The number of likely N-dealkylation sites (tertiary alicyclic amines) is 1. The largest absolute Gasteiger partial charge is 0.311 e. The molecule has 2 rings (SSSR count). The van der Waals surface area contributed by atoms with E-state index in [1.165, 1.54) is 71.0 Å². The van der Waals surface area contributed by atoms with Crippen LogP contribution in [0, 0.1) is 5.41 Å². The number of hydrogen-bond donors (Lipinski definition) is 1. The van der Waals surface area contributed by atoms with E-state index in [2.05, 4.69) is 31.0 Å². The van der Waals surface area contributed by atoms with Crippen LogP contribution in [0.3, 0.4) is 0 Å². The molecule has 112 valence electrons. The molecule has 0 bridgehead atoms. The molecule has 2 fully saturated rings. The van der Waals surface area contributed by atoms with Crippen molar-refractivity contribution in [2.45, 2.75) is 84.2 Å². The van der Waals surface area contributed by atoms with Crippen LogP contribution in [0.1, 0.15) is 72.1 Å². The van der Waals surface area contributed by atoms with Crippen molar-refractivity contribution in [1.82, 2.24) is 10.2 Å². The molecular weight excluding hydrogens is 232 g/mol. The summed E-state index contributed by atoms with van der Waals surface area (Å²) in [4.78, 5) is 2.66. The summed E-state index contributed by atoms with van der Waals surface area (Å²) < 4.78 is 0. The highest BCUT2D eigenvalue weighted by Crippen LogP contribution is 2.35. The molecule has 2 atom stereocenters. The van der Waals surface area contributed by atoms with E-state index in [9.17, 15) is 0 Å². The summed E-state index contributed by atoms with van der Waals surface area (Å²) in [6, 6.07) is 1.56. The molecule has 1 aliphatic carbocycles. The van der Waals surface area contributed by atoms with Crippen molar-refractivity contribution < 1.29 is 0 Å². The summed E-state index contributed by atoms with van der Waals surface area (Å²) in [6.07, 6.45) is 11.0. The molecule has 1 aliphatic heterocycles. The van der Waals surface area contributed by atoms with E-state index in [0.717, 1.165) is 12.1 Å². The Morgan fingerprint density at radius 1 is 1.05 bits per heavy atom. The van der Waals surface area contributed by atoms with E-state index >= 15 is 0 Å². The molecule has 1 heterocycles. The number of nitrogens with zero attached hydrogens (tertiary/aromatic N) is 1. The van der Waals surface area contributed by atoms with Crippen LogP contribution in [0.15, 0.2) is 0 Å². The summed E-state index contributed by atoms with van der Waals surface area (Å²) in [5.74, 6) is 0. The molecule has 2 nitrogen and oxygen atoms in total. The highest BCUT2D eigenvalue weighted by Gasteiger charge is 2.29. The van der Waals surface area contributed by atoms with Gasteiger partial charge in [0.1, 0.15) is 0 Å². The van der Waals surface area contributed by atoms with Crippen molar-refractivity contribution in [2.75, 3.05) is 19.6 Å². The third-order valence-corrected chi connectivity index (χ3v) is 5.04. The minimum Gasteiger partial charge on any atom is -0.311 e. The van der Waals surface area contributed by atoms with Crippen molar-refractivity contribution in [1.29, 1.82) is 0 Å². The molecule has 1 saturated carbocycles. The second-order valence-corrected chi connectivity index (χ2v) is 7.59. The van der Waals surface area contributed by atoms with Crippen molar-refractivity contribution >= 4 is 0 Å². The van der Waals surface area contributed by atoms with Gasteiger partial charge in [0.15, 0.2) is 0 Å². The first-order valence-corrected chi connectivity index (χ1v) is 8.57. The zero-order valence-electron chi connectivity index (χ0n) is 13.4. The Labute approximate surface area is 120 Å². The van der Waals surface area contributed by atoms with Crippen LogP contribution >= 0.6 is 0 Å². The standard InChI is InChI=1S/C17H34N2/c1-4-11-19-12-6-8-15(9-13-19)18-16-7-5-10-17(2,3)14-16/h15-16,18H,4-14H2,1-3H3. The maximum Gasteiger partial charge on any atom is 0.00823 e. The molecule has 0 amide bonds. The van der Waals surface area contributed by atoms with Crippen LogP contribution in [-0.4, -0.2) is 36.6 Å². The molecule has 0 radical (unpaired) electrons. The van der Waals surface area contributed by atoms with Crippen molar-refractivity contribution in [3.63, 3.8) is 0 Å². The van der Waals surface area contributed by atoms with Gasteiger partial charge in [0.05, 0.1) is 0 Å². The van der Waals surface area contributed by atoms with Gasteiger partial charge in [0.25, 0.3) is 0 Å². The number of nitrogens with one attached hydrogen (secondary N) is 1. The average molecular weight is 266 g/mol. The molecule has 2 unspecified atom stereocenters. The van der Waals surface area contributed by atoms with Gasteiger partial charge in [-0.1, -0.05) is 27.2 Å². The van der Waals surface area contributed by atoms with Crippen molar-refractivity contribution in [3.8, 4) is 0 Å². The Morgan fingerprint density at radius 3 is 2.58 bits per heavy atom. The monoisotopic (exact) mass is 266 g/mol. The van der Waals surface area contributed by atoms with Gasteiger partial charge in [-0.25, -0.2) is 0 Å². The predicted octanol–water partition coefficient (Wildman–Crippen LogP) is 3.81. The van der Waals surface area contributed by atoms with Crippen LogP contribution in [0.4, 0.5) is 0 Å². The van der Waals surface area contributed by atoms with Gasteiger partial charge in [0, 0.05) is 12.1 Å². The minimum absolute atomic E-state index is 0.564. The van der Waals surface area contributed by atoms with Gasteiger partial charge in [-0.05, 0) is 70.0 Å². The summed E-state index contributed by atoms with van der Waals surface area (Å²) in [5.41, 5.74) is 0.564. The lowest BCUT2D eigenvalue weighted by atomic mass is 9.75. The Hall–Kier alpha value is -0.0800. The van der Waals surface area contributed by atoms with Crippen LogP contribution < -0.4 is 5.32 Å². The summed E-state index contributed by atoms with van der Waals surface area (Å²) in [6.45, 7) is 11.1. The maximum atomic E-state index is 3.99. The fourth-order valence-corrected chi connectivity index (χ4v) is 4.04. The highest BCUT2D eigenvalue weighted by molar-refractivity contribution is 4.86. The Balaban J connectivity index is 1.76. The van der Waals surface area contributed by atoms with E-state index in [4.69, 9.17) is 0 Å². The lowest BCUT2D eigenvalue weighted by Gasteiger charge is -2.37. The molecule has 2 aliphatic rings. The Kier molecular flexibility index (Phi) is 5.70. The van der Waals surface area contributed by atoms with E-state index < -0.39 is 0 Å². The molecule has 2 heteroatoms. The van der Waals surface area contributed by atoms with Crippen molar-refractivity contribution in [2.24, 2.45) is 5.41 Å². The minimum atomic E-state index is 0.564. The Bertz CT molecular complexity index is 262. The van der Waals surface area contributed by atoms with Crippen LogP contribution in [0.5, 0.6) is 0 Å². The summed E-state index contributed by atoms with van der Waals surface area (Å²) in [5, 5.41) is 3.99. The van der Waals surface area contributed by atoms with E-state index in [1.807, 2.05) is 0 Å². The first-order valence-electron chi connectivity index (χ1n) is 8.57. The van der Waals surface area contributed by atoms with Gasteiger partial charge in [-0.15, -0.1) is 0 Å². The normalized spacial score (nSPS) is 33.0. The van der Waals surface area contributed by atoms with Gasteiger partial charge >= 0.3 is 0 Å². The van der Waals surface area contributed by atoms with Crippen LogP contribution in [-0.2, 0) is 0 Å². The van der Waals surface area contributed by atoms with E-state index in [-0.39, 0.29) is 0 Å². The summed E-state index contributed by atoms with van der Waals surface area (Å²) >= 11 is 0. The van der Waals surface area contributed by atoms with Gasteiger partial charge < -0.3 is 10.2 Å².